The van der Waals surface area contributed by atoms with Crippen molar-refractivity contribution in [3.8, 4) is 0 Å². The van der Waals surface area contributed by atoms with Crippen molar-refractivity contribution in [2.45, 2.75) is 119 Å². The van der Waals surface area contributed by atoms with Crippen LogP contribution in [-0.2, 0) is 13.6 Å². The van der Waals surface area contributed by atoms with Gasteiger partial charge in [-0.05, 0) is 40.5 Å². The summed E-state index contributed by atoms with van der Waals surface area (Å²) in [6, 6.07) is 0. The van der Waals surface area contributed by atoms with Gasteiger partial charge in [0.1, 0.15) is 0 Å². The molecule has 0 aromatic heterocycles. The van der Waals surface area contributed by atoms with Crippen LogP contribution in [0.25, 0.3) is 0 Å². The SMILES string of the molecule is CCCCCCCCOP(=O)([O-])OCCCCCCCC.CC[P+](CC)(CC)CC. The number of unbranched alkanes of at least 4 members (excludes halogenated alkanes) is 10. The van der Waals surface area contributed by atoms with Gasteiger partial charge >= 0.3 is 0 Å². The number of phosphoric acid groups is 1. The summed E-state index contributed by atoms with van der Waals surface area (Å²) in [5, 5.41) is 0. The highest BCUT2D eigenvalue weighted by atomic mass is 31.2. The molecule has 0 bridgehead atoms. The molecule has 0 N–H and O–H groups in total. The fourth-order valence-corrected chi connectivity index (χ4v) is 6.96. The van der Waals surface area contributed by atoms with Crippen LogP contribution in [0.3, 0.4) is 0 Å². The van der Waals surface area contributed by atoms with E-state index in [4.69, 9.17) is 9.05 Å². The van der Waals surface area contributed by atoms with Crippen molar-refractivity contribution in [2.24, 2.45) is 0 Å². The quantitative estimate of drug-likeness (QED) is 0.133. The molecule has 0 aliphatic carbocycles. The van der Waals surface area contributed by atoms with Crippen molar-refractivity contribution >= 4 is 15.1 Å². The Bertz CT molecular complexity index is 348. The fourth-order valence-electron chi connectivity index (χ4n) is 3.50. The molecule has 4 nitrogen and oxygen atoms in total. The summed E-state index contributed by atoms with van der Waals surface area (Å²) in [5.41, 5.74) is 0. The van der Waals surface area contributed by atoms with E-state index < -0.39 is 15.1 Å². The van der Waals surface area contributed by atoms with Crippen LogP contribution < -0.4 is 4.89 Å². The molecule has 0 aliphatic rings. The second-order valence-corrected chi connectivity index (χ2v) is 14.9. The van der Waals surface area contributed by atoms with Gasteiger partial charge in [0.15, 0.2) is 0 Å². The first-order chi connectivity index (χ1) is 14.4. The number of rotatable bonds is 20. The Kier molecular flexibility index (Phi) is 24.8. The van der Waals surface area contributed by atoms with Crippen molar-refractivity contribution in [2.75, 3.05) is 37.9 Å². The summed E-state index contributed by atoms with van der Waals surface area (Å²) in [6.45, 7) is 14.3. The Hall–Kier alpha value is 0.540. The van der Waals surface area contributed by atoms with Crippen molar-refractivity contribution < 1.29 is 18.5 Å². The lowest BCUT2D eigenvalue weighted by atomic mass is 10.1. The first-order valence-electron chi connectivity index (χ1n) is 12.8. The maximum absolute atomic E-state index is 11.5. The Balaban J connectivity index is 0. The lowest BCUT2D eigenvalue weighted by Crippen LogP contribution is -2.10. The van der Waals surface area contributed by atoms with Crippen LogP contribution in [0.4, 0.5) is 0 Å². The zero-order valence-electron chi connectivity index (χ0n) is 21.3. The van der Waals surface area contributed by atoms with Crippen molar-refractivity contribution in [1.82, 2.24) is 0 Å². The standard InChI is InChI=1S/C16H35O4P.C8H20P/c1-3-5-7-9-11-13-15-19-21(17,18)20-16-14-12-10-8-6-4-2;1-5-9(6-2,7-3)8-4/h3-16H2,1-2H3,(H,17,18);5-8H2,1-4H3/q;+1/p-1. The minimum absolute atomic E-state index is 0.253. The molecule has 0 amide bonds. The van der Waals surface area contributed by atoms with Crippen LogP contribution in [0.15, 0.2) is 0 Å². The maximum atomic E-state index is 11.5. The third kappa shape index (κ3) is 20.4. The molecular weight excluding hydrogens is 414 g/mol. The Morgan fingerprint density at radius 2 is 0.867 bits per heavy atom. The molecular formula is C24H54O4P2. The Morgan fingerprint density at radius 3 is 1.13 bits per heavy atom. The zero-order chi connectivity index (χ0) is 23.1. The largest absolute Gasteiger partial charge is 0.756 e. The molecule has 6 heteroatoms. The number of hydrogen-bond donors (Lipinski definition) is 0. The van der Waals surface area contributed by atoms with Crippen LogP contribution in [0, 0.1) is 0 Å². The van der Waals surface area contributed by atoms with Gasteiger partial charge in [-0.1, -0.05) is 78.1 Å². The summed E-state index contributed by atoms with van der Waals surface area (Å²) < 4.78 is 21.2. The second kappa shape index (κ2) is 22.7. The zero-order valence-corrected chi connectivity index (χ0v) is 23.0. The van der Waals surface area contributed by atoms with Crippen LogP contribution in [0.5, 0.6) is 0 Å². The molecule has 0 aromatic carbocycles. The van der Waals surface area contributed by atoms with E-state index in [9.17, 15) is 9.46 Å². The van der Waals surface area contributed by atoms with Gasteiger partial charge in [0.2, 0.25) is 0 Å². The molecule has 0 rings (SSSR count). The maximum Gasteiger partial charge on any atom is 0.267 e. The van der Waals surface area contributed by atoms with Gasteiger partial charge in [-0.3, -0.25) is 4.57 Å². The highest BCUT2D eigenvalue weighted by molar-refractivity contribution is 7.75. The van der Waals surface area contributed by atoms with Gasteiger partial charge in [0, 0.05) is 7.26 Å². The monoisotopic (exact) mass is 468 g/mol. The summed E-state index contributed by atoms with van der Waals surface area (Å²) in [5.74, 6) is 0. The highest BCUT2D eigenvalue weighted by Crippen LogP contribution is 2.57. The number of phosphoric ester groups is 1. The molecule has 0 heterocycles. The van der Waals surface area contributed by atoms with Crippen LogP contribution in [0.2, 0.25) is 0 Å². The molecule has 0 saturated carbocycles. The normalized spacial score (nSPS) is 12.0. The van der Waals surface area contributed by atoms with E-state index in [-0.39, 0.29) is 13.2 Å². The average Bonchev–Trinajstić information content (AvgIpc) is 2.75. The van der Waals surface area contributed by atoms with E-state index in [1.807, 2.05) is 0 Å². The second-order valence-electron chi connectivity index (χ2n) is 8.26. The molecule has 184 valence electrons. The van der Waals surface area contributed by atoms with E-state index in [1.165, 1.54) is 63.2 Å². The topological polar surface area (TPSA) is 58.6 Å². The molecule has 0 spiro atoms. The van der Waals surface area contributed by atoms with Crippen LogP contribution in [-0.4, -0.2) is 37.9 Å². The average molecular weight is 469 g/mol. The van der Waals surface area contributed by atoms with Gasteiger partial charge in [0.05, 0.1) is 37.9 Å². The Labute approximate surface area is 190 Å². The molecule has 0 unspecified atom stereocenters. The smallest absolute Gasteiger partial charge is 0.267 e. The van der Waals surface area contributed by atoms with Crippen LogP contribution >= 0.6 is 15.1 Å². The predicted octanol–water partition coefficient (Wildman–Crippen LogP) is 8.29. The van der Waals surface area contributed by atoms with Crippen molar-refractivity contribution in [1.29, 1.82) is 0 Å². The summed E-state index contributed by atoms with van der Waals surface area (Å²) >= 11 is 0. The summed E-state index contributed by atoms with van der Waals surface area (Å²) in [7, 11) is -4.48. The van der Waals surface area contributed by atoms with E-state index in [2.05, 4.69) is 41.5 Å². The Morgan fingerprint density at radius 1 is 0.567 bits per heavy atom. The summed E-state index contributed by atoms with van der Waals surface area (Å²) in [6.07, 6.45) is 19.1. The van der Waals surface area contributed by atoms with Gasteiger partial charge in [-0.2, -0.15) is 0 Å². The first-order valence-corrected chi connectivity index (χ1v) is 16.8. The molecule has 0 aromatic rings. The van der Waals surface area contributed by atoms with Gasteiger partial charge in [-0.15, -0.1) is 0 Å². The first kappa shape index (κ1) is 32.7. The highest BCUT2D eigenvalue weighted by Gasteiger charge is 2.27. The van der Waals surface area contributed by atoms with Crippen LogP contribution in [0.1, 0.15) is 119 Å². The van der Waals surface area contributed by atoms with Crippen molar-refractivity contribution in [3.05, 3.63) is 0 Å². The van der Waals surface area contributed by atoms with Gasteiger partial charge in [0.25, 0.3) is 7.82 Å². The molecule has 0 radical (unpaired) electrons. The third-order valence-corrected chi connectivity index (χ3v) is 12.5. The fraction of sp³-hybridized carbons (Fsp3) is 1.00. The molecule has 30 heavy (non-hydrogen) atoms. The van der Waals surface area contributed by atoms with E-state index >= 15 is 0 Å². The van der Waals surface area contributed by atoms with Gasteiger partial charge in [-0.25, -0.2) is 0 Å². The minimum atomic E-state index is -4.07. The third-order valence-electron chi connectivity index (χ3n) is 6.18. The molecule has 0 atom stereocenters. The molecule has 0 aliphatic heterocycles. The van der Waals surface area contributed by atoms with E-state index in [0.717, 1.165) is 38.5 Å². The predicted molar refractivity (Wildman–Crippen MR) is 135 cm³/mol. The van der Waals surface area contributed by atoms with Gasteiger partial charge < -0.3 is 13.9 Å². The summed E-state index contributed by atoms with van der Waals surface area (Å²) in [4.78, 5) is 11.5. The lowest BCUT2D eigenvalue weighted by molar-refractivity contribution is -0.225. The van der Waals surface area contributed by atoms with Crippen molar-refractivity contribution in [3.63, 3.8) is 0 Å². The van der Waals surface area contributed by atoms with E-state index in [1.54, 1.807) is 0 Å². The molecule has 0 fully saturated rings. The molecule has 0 saturated heterocycles. The lowest BCUT2D eigenvalue weighted by Gasteiger charge is -2.22. The minimum Gasteiger partial charge on any atom is -0.756 e. The van der Waals surface area contributed by atoms with E-state index in [0.29, 0.717) is 0 Å². The number of hydrogen-bond acceptors (Lipinski definition) is 4.